The van der Waals surface area contributed by atoms with E-state index in [9.17, 15) is 0 Å². The van der Waals surface area contributed by atoms with Gasteiger partial charge in [0.25, 0.3) is 0 Å². The van der Waals surface area contributed by atoms with E-state index in [0.717, 1.165) is 18.5 Å². The molecule has 0 aliphatic carbocycles. The Kier molecular flexibility index (Phi) is 5.60. The number of allylic oxidation sites excluding steroid dienone is 2. The van der Waals surface area contributed by atoms with Crippen molar-refractivity contribution in [2.24, 2.45) is 11.7 Å². The summed E-state index contributed by atoms with van der Waals surface area (Å²) in [6.07, 6.45) is 2.20. The van der Waals surface area contributed by atoms with Crippen LogP contribution in [0.1, 0.15) is 47.5 Å². The Morgan fingerprint density at radius 3 is 2.08 bits per heavy atom. The van der Waals surface area contributed by atoms with E-state index in [4.69, 9.17) is 5.73 Å². The van der Waals surface area contributed by atoms with E-state index in [0.29, 0.717) is 12.0 Å². The fourth-order valence-corrected chi connectivity index (χ4v) is 1.25. The molecule has 0 rings (SSSR count). The van der Waals surface area contributed by atoms with Gasteiger partial charge in [0.2, 0.25) is 0 Å². The predicted octanol–water partition coefficient (Wildman–Crippen LogP) is 2.61. The number of rotatable bonds is 5. The second kappa shape index (κ2) is 5.90. The Bertz CT molecular complexity index is 169. The molecular formula is C11H24N2. The van der Waals surface area contributed by atoms with Crippen LogP contribution in [0.15, 0.2) is 11.4 Å². The molecule has 0 saturated heterocycles. The van der Waals surface area contributed by atoms with Gasteiger partial charge >= 0.3 is 0 Å². The minimum Gasteiger partial charge on any atom is -0.400 e. The number of hydrogen-bond acceptors (Lipinski definition) is 2. The zero-order valence-electron chi connectivity index (χ0n) is 9.65. The zero-order valence-corrected chi connectivity index (χ0v) is 9.65. The first-order valence-electron chi connectivity index (χ1n) is 5.24. The predicted molar refractivity (Wildman–Crippen MR) is 59.2 cm³/mol. The summed E-state index contributed by atoms with van der Waals surface area (Å²) in [6.45, 7) is 10.7. The minimum absolute atomic E-state index is 0.438. The highest BCUT2D eigenvalue weighted by Crippen LogP contribution is 2.12. The molecule has 0 saturated carbocycles. The summed E-state index contributed by atoms with van der Waals surface area (Å²) in [5.41, 5.74) is 8.25. The molecule has 3 N–H and O–H groups in total. The Morgan fingerprint density at radius 1 is 1.23 bits per heavy atom. The van der Waals surface area contributed by atoms with Gasteiger partial charge in [0, 0.05) is 17.4 Å². The Morgan fingerprint density at radius 2 is 1.77 bits per heavy atom. The number of nitrogens with two attached hydrogens (primary N) is 1. The van der Waals surface area contributed by atoms with Gasteiger partial charge in [-0.05, 0) is 26.2 Å². The van der Waals surface area contributed by atoms with Crippen molar-refractivity contribution in [3.63, 3.8) is 0 Å². The molecule has 0 amide bonds. The van der Waals surface area contributed by atoms with Crippen molar-refractivity contribution in [3.8, 4) is 0 Å². The van der Waals surface area contributed by atoms with Crippen LogP contribution in [0.3, 0.4) is 0 Å². The van der Waals surface area contributed by atoms with Crippen LogP contribution in [-0.4, -0.2) is 6.04 Å². The van der Waals surface area contributed by atoms with Gasteiger partial charge in [-0.15, -0.1) is 0 Å². The summed E-state index contributed by atoms with van der Waals surface area (Å²) in [4.78, 5) is 0. The smallest absolute Gasteiger partial charge is 0.0302 e. The summed E-state index contributed by atoms with van der Waals surface area (Å²) in [5, 5.41) is 3.42. The molecular weight excluding hydrogens is 160 g/mol. The first kappa shape index (κ1) is 12.3. The summed E-state index contributed by atoms with van der Waals surface area (Å²) >= 11 is 0. The summed E-state index contributed by atoms with van der Waals surface area (Å²) < 4.78 is 0. The van der Waals surface area contributed by atoms with Gasteiger partial charge < -0.3 is 11.1 Å². The van der Waals surface area contributed by atoms with Crippen LogP contribution in [0, 0.1) is 5.92 Å². The monoisotopic (exact) mass is 184 g/mol. The molecule has 0 unspecified atom stereocenters. The van der Waals surface area contributed by atoms with E-state index in [1.807, 2.05) is 0 Å². The van der Waals surface area contributed by atoms with E-state index < -0.39 is 0 Å². The summed E-state index contributed by atoms with van der Waals surface area (Å²) in [6, 6.07) is 0.471. The zero-order chi connectivity index (χ0) is 10.4. The minimum atomic E-state index is 0.438. The van der Waals surface area contributed by atoms with Crippen LogP contribution >= 0.6 is 0 Å². The van der Waals surface area contributed by atoms with Crippen LogP contribution in [0.25, 0.3) is 0 Å². The van der Waals surface area contributed by atoms with Crippen LogP contribution < -0.4 is 11.1 Å². The maximum Gasteiger partial charge on any atom is 0.0302 e. The normalized spacial score (nSPS) is 13.5. The highest BCUT2D eigenvalue weighted by atomic mass is 14.9. The number of hydrogen-bond donors (Lipinski definition) is 2. The summed E-state index contributed by atoms with van der Waals surface area (Å²) in [5.74, 6) is 0.438. The SMILES string of the molecule is CCC/C(NC(C)C)=C(/N)C(C)C. The second-order valence-corrected chi connectivity index (χ2v) is 4.14. The Hall–Kier alpha value is -0.660. The van der Waals surface area contributed by atoms with Crippen molar-refractivity contribution >= 4 is 0 Å². The summed E-state index contributed by atoms with van der Waals surface area (Å²) in [7, 11) is 0. The van der Waals surface area contributed by atoms with Crippen molar-refractivity contribution < 1.29 is 0 Å². The van der Waals surface area contributed by atoms with Gasteiger partial charge in [-0.25, -0.2) is 0 Å². The van der Waals surface area contributed by atoms with Gasteiger partial charge in [-0.1, -0.05) is 27.2 Å². The highest BCUT2D eigenvalue weighted by Gasteiger charge is 2.07. The van der Waals surface area contributed by atoms with Crippen molar-refractivity contribution in [1.29, 1.82) is 0 Å². The quantitative estimate of drug-likeness (QED) is 0.689. The third kappa shape index (κ3) is 4.81. The Labute approximate surface area is 82.6 Å². The molecule has 0 bridgehead atoms. The number of nitrogens with one attached hydrogen (secondary N) is 1. The Balaban J connectivity index is 4.46. The van der Waals surface area contributed by atoms with Gasteiger partial charge in [0.15, 0.2) is 0 Å². The van der Waals surface area contributed by atoms with E-state index in [1.165, 1.54) is 5.70 Å². The highest BCUT2D eigenvalue weighted by molar-refractivity contribution is 5.11. The molecule has 0 atom stereocenters. The van der Waals surface area contributed by atoms with Crippen molar-refractivity contribution in [3.05, 3.63) is 11.4 Å². The molecule has 0 heterocycles. The molecule has 0 aromatic carbocycles. The standard InChI is InChI=1S/C11H24N2/c1-6-7-10(13-9(4)5)11(12)8(2)3/h8-9,13H,6-7,12H2,1-5H3/b11-10-. The van der Waals surface area contributed by atoms with Gasteiger partial charge in [-0.3, -0.25) is 0 Å². The lowest BCUT2D eigenvalue weighted by Gasteiger charge is -2.18. The van der Waals surface area contributed by atoms with E-state index in [-0.39, 0.29) is 0 Å². The van der Waals surface area contributed by atoms with Crippen LogP contribution in [-0.2, 0) is 0 Å². The molecule has 0 aliphatic rings. The average Bonchev–Trinajstić information content (AvgIpc) is 2.01. The largest absolute Gasteiger partial charge is 0.400 e. The molecule has 78 valence electrons. The fourth-order valence-electron chi connectivity index (χ4n) is 1.25. The van der Waals surface area contributed by atoms with E-state index in [1.54, 1.807) is 0 Å². The van der Waals surface area contributed by atoms with Crippen LogP contribution in [0.5, 0.6) is 0 Å². The molecule has 0 aliphatic heterocycles. The van der Waals surface area contributed by atoms with E-state index in [2.05, 4.69) is 39.9 Å². The third-order valence-electron chi connectivity index (χ3n) is 1.93. The lowest BCUT2D eigenvalue weighted by molar-refractivity contribution is 0.605. The first-order chi connectivity index (χ1) is 5.99. The molecule has 0 spiro atoms. The fraction of sp³-hybridized carbons (Fsp3) is 0.818. The molecule has 0 fully saturated rings. The topological polar surface area (TPSA) is 38.0 Å². The molecule has 2 nitrogen and oxygen atoms in total. The average molecular weight is 184 g/mol. The molecule has 2 heteroatoms. The molecule has 0 radical (unpaired) electrons. The molecule has 13 heavy (non-hydrogen) atoms. The van der Waals surface area contributed by atoms with Crippen LogP contribution in [0.4, 0.5) is 0 Å². The van der Waals surface area contributed by atoms with E-state index >= 15 is 0 Å². The van der Waals surface area contributed by atoms with Gasteiger partial charge in [0.1, 0.15) is 0 Å². The lowest BCUT2D eigenvalue weighted by Crippen LogP contribution is -2.26. The van der Waals surface area contributed by atoms with Crippen LogP contribution in [0.2, 0.25) is 0 Å². The molecule has 0 aromatic heterocycles. The molecule has 0 aromatic rings. The van der Waals surface area contributed by atoms with Gasteiger partial charge in [0.05, 0.1) is 0 Å². The second-order valence-electron chi connectivity index (χ2n) is 4.14. The first-order valence-corrected chi connectivity index (χ1v) is 5.24. The van der Waals surface area contributed by atoms with Gasteiger partial charge in [-0.2, -0.15) is 0 Å². The maximum atomic E-state index is 6.01. The van der Waals surface area contributed by atoms with Crippen molar-refractivity contribution in [1.82, 2.24) is 5.32 Å². The third-order valence-corrected chi connectivity index (χ3v) is 1.93. The lowest BCUT2D eigenvalue weighted by atomic mass is 10.1. The maximum absolute atomic E-state index is 6.01. The van der Waals surface area contributed by atoms with Crippen molar-refractivity contribution in [2.45, 2.75) is 53.5 Å². The van der Waals surface area contributed by atoms with Crippen molar-refractivity contribution in [2.75, 3.05) is 0 Å².